The summed E-state index contributed by atoms with van der Waals surface area (Å²) in [4.78, 5) is 13.7. The Morgan fingerprint density at radius 3 is 2.95 bits per heavy atom. The zero-order valence-corrected chi connectivity index (χ0v) is 10.8. The van der Waals surface area contributed by atoms with Crippen molar-refractivity contribution in [2.24, 2.45) is 0 Å². The summed E-state index contributed by atoms with van der Waals surface area (Å²) in [5, 5.41) is 14.7. The number of aromatic nitrogens is 1. The molecule has 1 amide bonds. The van der Waals surface area contributed by atoms with Crippen LogP contribution in [0, 0.1) is 0 Å². The number of likely N-dealkylation sites (tertiary alicyclic amines) is 1. The van der Waals surface area contributed by atoms with Crippen LogP contribution in [0.1, 0.15) is 19.0 Å². The van der Waals surface area contributed by atoms with E-state index in [0.29, 0.717) is 30.8 Å². The molecule has 0 atom stereocenters. The van der Waals surface area contributed by atoms with E-state index in [2.05, 4.69) is 5.16 Å². The largest absolute Gasteiger partial charge is 0.386 e. The number of para-hydroxylation sites is 1. The molecule has 0 unspecified atom stereocenters. The molecule has 0 aliphatic carbocycles. The van der Waals surface area contributed by atoms with Gasteiger partial charge in [-0.2, -0.15) is 0 Å². The van der Waals surface area contributed by atoms with Crippen LogP contribution >= 0.6 is 0 Å². The minimum absolute atomic E-state index is 0.0165. The van der Waals surface area contributed by atoms with E-state index in [-0.39, 0.29) is 12.3 Å². The minimum atomic E-state index is -0.693. The van der Waals surface area contributed by atoms with Crippen molar-refractivity contribution in [2.75, 3.05) is 13.1 Å². The van der Waals surface area contributed by atoms with Gasteiger partial charge in [0, 0.05) is 5.39 Å². The number of aliphatic hydroxyl groups is 1. The molecular weight excluding hydrogens is 244 g/mol. The number of rotatable bonds is 3. The maximum absolute atomic E-state index is 12.1. The van der Waals surface area contributed by atoms with Gasteiger partial charge in [0.2, 0.25) is 5.91 Å². The second kappa shape index (κ2) is 4.35. The Labute approximate surface area is 110 Å². The van der Waals surface area contributed by atoms with E-state index in [0.717, 1.165) is 5.39 Å². The first-order chi connectivity index (χ1) is 9.11. The molecule has 2 aromatic rings. The molecular formula is C14H16N2O3. The van der Waals surface area contributed by atoms with Gasteiger partial charge in [-0.3, -0.25) is 4.79 Å². The van der Waals surface area contributed by atoms with Crippen molar-refractivity contribution in [3.05, 3.63) is 30.0 Å². The standard InChI is InChI=1S/C14H16N2O3/c1-2-14(18)8-16(9-14)13(17)7-11-10-5-3-4-6-12(10)19-15-11/h3-6,18H,2,7-9H2,1H3. The van der Waals surface area contributed by atoms with E-state index in [9.17, 15) is 9.90 Å². The van der Waals surface area contributed by atoms with Gasteiger partial charge in [-0.05, 0) is 18.6 Å². The quantitative estimate of drug-likeness (QED) is 0.904. The lowest BCUT2D eigenvalue weighted by Crippen LogP contribution is -2.63. The number of carbonyl (C=O) groups is 1. The molecule has 19 heavy (non-hydrogen) atoms. The van der Waals surface area contributed by atoms with Crippen LogP contribution in [-0.4, -0.2) is 39.8 Å². The van der Waals surface area contributed by atoms with Gasteiger partial charge in [0.25, 0.3) is 0 Å². The lowest BCUT2D eigenvalue weighted by Gasteiger charge is -2.46. The van der Waals surface area contributed by atoms with Gasteiger partial charge in [-0.1, -0.05) is 24.2 Å². The van der Waals surface area contributed by atoms with Crippen LogP contribution < -0.4 is 0 Å². The second-order valence-electron chi connectivity index (χ2n) is 5.13. The van der Waals surface area contributed by atoms with Crippen molar-refractivity contribution in [3.63, 3.8) is 0 Å². The molecule has 100 valence electrons. The third-order valence-electron chi connectivity index (χ3n) is 3.75. The van der Waals surface area contributed by atoms with Gasteiger partial charge in [0.1, 0.15) is 5.69 Å². The first-order valence-corrected chi connectivity index (χ1v) is 6.45. The van der Waals surface area contributed by atoms with Crippen molar-refractivity contribution in [1.29, 1.82) is 0 Å². The molecule has 1 aliphatic heterocycles. The van der Waals surface area contributed by atoms with E-state index >= 15 is 0 Å². The molecule has 5 heteroatoms. The Kier molecular flexibility index (Phi) is 2.78. The molecule has 0 saturated carbocycles. The van der Waals surface area contributed by atoms with Gasteiger partial charge in [0.15, 0.2) is 5.58 Å². The lowest BCUT2D eigenvalue weighted by atomic mass is 9.91. The minimum Gasteiger partial charge on any atom is -0.386 e. The van der Waals surface area contributed by atoms with Crippen LogP contribution in [0.4, 0.5) is 0 Å². The highest BCUT2D eigenvalue weighted by Gasteiger charge is 2.41. The molecule has 1 aliphatic rings. The van der Waals surface area contributed by atoms with Crippen LogP contribution in [0.25, 0.3) is 11.0 Å². The van der Waals surface area contributed by atoms with Crippen LogP contribution in [0.5, 0.6) is 0 Å². The summed E-state index contributed by atoms with van der Waals surface area (Å²) in [6, 6.07) is 7.49. The number of carbonyl (C=O) groups excluding carboxylic acids is 1. The number of amides is 1. The topological polar surface area (TPSA) is 66.6 Å². The Balaban J connectivity index is 1.71. The number of hydrogen-bond donors (Lipinski definition) is 1. The number of β-amino-alcohol motifs (C(OH)–C–C–N with tert-alkyl or cyclic N) is 1. The fraction of sp³-hybridized carbons (Fsp3) is 0.429. The summed E-state index contributed by atoms with van der Waals surface area (Å²) in [6.45, 7) is 2.75. The van der Waals surface area contributed by atoms with Crippen LogP contribution in [0.2, 0.25) is 0 Å². The fourth-order valence-electron chi connectivity index (χ4n) is 2.38. The van der Waals surface area contributed by atoms with E-state index in [1.54, 1.807) is 4.90 Å². The SMILES string of the molecule is CCC1(O)CN(C(=O)Cc2noc3ccccc23)C1. The van der Waals surface area contributed by atoms with Gasteiger partial charge >= 0.3 is 0 Å². The van der Waals surface area contributed by atoms with E-state index in [4.69, 9.17) is 4.52 Å². The molecule has 1 aromatic carbocycles. The van der Waals surface area contributed by atoms with E-state index < -0.39 is 5.60 Å². The van der Waals surface area contributed by atoms with Crippen molar-refractivity contribution in [2.45, 2.75) is 25.4 Å². The summed E-state index contributed by atoms with van der Waals surface area (Å²) in [5.74, 6) is -0.0165. The van der Waals surface area contributed by atoms with Crippen LogP contribution in [0.3, 0.4) is 0 Å². The highest BCUT2D eigenvalue weighted by Crippen LogP contribution is 2.25. The van der Waals surface area contributed by atoms with Crippen molar-refractivity contribution < 1.29 is 14.4 Å². The van der Waals surface area contributed by atoms with Crippen LogP contribution in [-0.2, 0) is 11.2 Å². The molecule has 0 spiro atoms. The van der Waals surface area contributed by atoms with Crippen molar-refractivity contribution >= 4 is 16.9 Å². The molecule has 0 bridgehead atoms. The summed E-state index contributed by atoms with van der Waals surface area (Å²) in [6.07, 6.45) is 0.889. The zero-order chi connectivity index (χ0) is 13.5. The molecule has 1 fully saturated rings. The maximum Gasteiger partial charge on any atom is 0.228 e. The average Bonchev–Trinajstić information content (AvgIpc) is 2.78. The summed E-state index contributed by atoms with van der Waals surface area (Å²) in [7, 11) is 0. The Hall–Kier alpha value is -1.88. The molecule has 5 nitrogen and oxygen atoms in total. The summed E-state index contributed by atoms with van der Waals surface area (Å²) < 4.78 is 5.17. The normalized spacial score (nSPS) is 17.5. The fourth-order valence-corrected chi connectivity index (χ4v) is 2.38. The van der Waals surface area contributed by atoms with Gasteiger partial charge < -0.3 is 14.5 Å². The van der Waals surface area contributed by atoms with Crippen molar-refractivity contribution in [1.82, 2.24) is 10.1 Å². The molecule has 1 saturated heterocycles. The zero-order valence-electron chi connectivity index (χ0n) is 10.8. The van der Waals surface area contributed by atoms with Gasteiger partial charge in [0.05, 0.1) is 25.1 Å². The monoisotopic (exact) mass is 260 g/mol. The van der Waals surface area contributed by atoms with E-state index in [1.807, 2.05) is 31.2 Å². The predicted molar refractivity (Wildman–Crippen MR) is 69.5 cm³/mol. The van der Waals surface area contributed by atoms with Crippen molar-refractivity contribution in [3.8, 4) is 0 Å². The third kappa shape index (κ3) is 2.10. The number of hydrogen-bond acceptors (Lipinski definition) is 4. The molecule has 2 heterocycles. The smallest absolute Gasteiger partial charge is 0.228 e. The molecule has 1 N–H and O–H groups in total. The number of benzene rings is 1. The average molecular weight is 260 g/mol. The predicted octanol–water partition coefficient (Wildman–Crippen LogP) is 1.35. The first-order valence-electron chi connectivity index (χ1n) is 6.45. The van der Waals surface area contributed by atoms with Gasteiger partial charge in [-0.25, -0.2) is 0 Å². The highest BCUT2D eigenvalue weighted by molar-refractivity contribution is 5.86. The first kappa shape index (κ1) is 12.2. The molecule has 1 aromatic heterocycles. The number of fused-ring (bicyclic) bond motifs is 1. The Morgan fingerprint density at radius 2 is 2.21 bits per heavy atom. The van der Waals surface area contributed by atoms with Gasteiger partial charge in [-0.15, -0.1) is 0 Å². The number of nitrogens with zero attached hydrogens (tertiary/aromatic N) is 2. The summed E-state index contributed by atoms with van der Waals surface area (Å²) >= 11 is 0. The van der Waals surface area contributed by atoms with Crippen LogP contribution in [0.15, 0.2) is 28.8 Å². The highest BCUT2D eigenvalue weighted by atomic mass is 16.5. The lowest BCUT2D eigenvalue weighted by molar-refractivity contribution is -0.155. The van der Waals surface area contributed by atoms with E-state index in [1.165, 1.54) is 0 Å². The molecule has 3 rings (SSSR count). The Bertz CT molecular complexity index is 614. The third-order valence-corrected chi connectivity index (χ3v) is 3.75. The summed E-state index contributed by atoms with van der Waals surface area (Å²) in [5.41, 5.74) is 0.660. The Morgan fingerprint density at radius 1 is 1.47 bits per heavy atom. The molecule has 0 radical (unpaired) electrons. The maximum atomic E-state index is 12.1. The second-order valence-corrected chi connectivity index (χ2v) is 5.13.